The summed E-state index contributed by atoms with van der Waals surface area (Å²) in [7, 11) is 1.58. The standard InChI is InChI=1S/C27H33ClN8O5/c1-15-12-32-20(16(2)22(15)41-3)14-36-24-21(23(28)33-27(29)34-24)19(26(36)40)11-18-10-17(13-31-18)25(39)30-4-5-35(6-8-37)7-9-38/h10-13,31,37-38H,4-9,14H2,1-3H3,(H,30,39)(H2,29,33,34)/b19-11+. The molecule has 0 saturated carbocycles. The SMILES string of the molecule is COc1c(C)cnc(CN2C(=O)/C(=C/c3cc(C(=O)NCCN(CCO)CCO)c[nH]3)c3c(Cl)nc(N)nc32)c1C. The summed E-state index contributed by atoms with van der Waals surface area (Å²) < 4.78 is 5.51. The van der Waals surface area contributed by atoms with Gasteiger partial charge in [-0.15, -0.1) is 0 Å². The molecule has 3 aromatic heterocycles. The molecule has 0 radical (unpaired) electrons. The number of fused-ring (bicyclic) bond motifs is 1. The molecule has 0 aromatic carbocycles. The number of ether oxygens (including phenoxy) is 1. The molecule has 2 amide bonds. The molecule has 6 N–H and O–H groups in total. The van der Waals surface area contributed by atoms with Crippen LogP contribution < -0.4 is 20.7 Å². The van der Waals surface area contributed by atoms with E-state index < -0.39 is 0 Å². The topological polar surface area (TPSA) is 183 Å². The number of amides is 2. The number of aryl methyl sites for hydroxylation is 1. The summed E-state index contributed by atoms with van der Waals surface area (Å²) in [4.78, 5) is 45.6. The highest BCUT2D eigenvalue weighted by Gasteiger charge is 2.37. The van der Waals surface area contributed by atoms with Crippen molar-refractivity contribution in [1.82, 2.24) is 30.2 Å². The molecule has 0 saturated heterocycles. The summed E-state index contributed by atoms with van der Waals surface area (Å²) in [6.45, 7) is 5.37. The molecule has 4 heterocycles. The Morgan fingerprint density at radius 1 is 1.24 bits per heavy atom. The number of halogens is 1. The van der Waals surface area contributed by atoms with Gasteiger partial charge in [-0.3, -0.25) is 24.4 Å². The molecule has 1 aliphatic heterocycles. The second-order valence-corrected chi connectivity index (χ2v) is 9.81. The van der Waals surface area contributed by atoms with Gasteiger partial charge in [0.25, 0.3) is 11.8 Å². The molecule has 218 valence electrons. The highest BCUT2D eigenvalue weighted by atomic mass is 35.5. The van der Waals surface area contributed by atoms with Crippen molar-refractivity contribution in [3.8, 4) is 5.75 Å². The molecule has 0 atom stereocenters. The molecule has 0 aliphatic carbocycles. The van der Waals surface area contributed by atoms with Gasteiger partial charge in [0.05, 0.1) is 49.3 Å². The number of aromatic nitrogens is 4. The number of aliphatic hydroxyl groups excluding tert-OH is 2. The van der Waals surface area contributed by atoms with Crippen LogP contribution in [0.2, 0.25) is 5.15 Å². The second kappa shape index (κ2) is 13.1. The van der Waals surface area contributed by atoms with Gasteiger partial charge in [-0.2, -0.15) is 4.98 Å². The Kier molecular flexibility index (Phi) is 9.55. The van der Waals surface area contributed by atoms with E-state index in [2.05, 4.69) is 25.3 Å². The van der Waals surface area contributed by atoms with Crippen molar-refractivity contribution in [2.24, 2.45) is 0 Å². The number of nitrogens with two attached hydrogens (primary N) is 1. The van der Waals surface area contributed by atoms with Crippen LogP contribution in [0.25, 0.3) is 11.6 Å². The zero-order chi connectivity index (χ0) is 29.7. The van der Waals surface area contributed by atoms with Gasteiger partial charge in [-0.25, -0.2) is 4.98 Å². The van der Waals surface area contributed by atoms with E-state index in [1.54, 1.807) is 25.4 Å². The molecule has 4 rings (SSSR count). The zero-order valence-electron chi connectivity index (χ0n) is 23.1. The van der Waals surface area contributed by atoms with Crippen molar-refractivity contribution in [2.75, 3.05) is 57.1 Å². The summed E-state index contributed by atoms with van der Waals surface area (Å²) >= 11 is 6.46. The van der Waals surface area contributed by atoms with Gasteiger partial charge in [0.15, 0.2) is 5.82 Å². The minimum Gasteiger partial charge on any atom is -0.496 e. The molecule has 1 aliphatic rings. The maximum Gasteiger partial charge on any atom is 0.260 e. The zero-order valence-corrected chi connectivity index (χ0v) is 23.8. The van der Waals surface area contributed by atoms with Gasteiger partial charge >= 0.3 is 0 Å². The van der Waals surface area contributed by atoms with Crippen LogP contribution >= 0.6 is 11.6 Å². The van der Waals surface area contributed by atoms with Crippen LogP contribution in [0.4, 0.5) is 11.8 Å². The maximum absolute atomic E-state index is 13.7. The number of nitrogen functional groups attached to an aromatic ring is 1. The van der Waals surface area contributed by atoms with E-state index in [0.29, 0.717) is 54.4 Å². The van der Waals surface area contributed by atoms with E-state index in [9.17, 15) is 9.59 Å². The number of aromatic amines is 1. The first kappa shape index (κ1) is 29.9. The minimum absolute atomic E-state index is 0.0283. The second-order valence-electron chi connectivity index (χ2n) is 9.46. The van der Waals surface area contributed by atoms with Crippen molar-refractivity contribution < 1.29 is 24.5 Å². The highest BCUT2D eigenvalue weighted by Crippen LogP contribution is 2.41. The van der Waals surface area contributed by atoms with Crippen LogP contribution in [0.3, 0.4) is 0 Å². The largest absolute Gasteiger partial charge is 0.496 e. The Hall–Kier alpha value is -4.04. The van der Waals surface area contributed by atoms with Gasteiger partial charge in [0, 0.05) is 55.4 Å². The lowest BCUT2D eigenvalue weighted by molar-refractivity contribution is -0.113. The Labute approximate surface area is 242 Å². The van der Waals surface area contributed by atoms with Gasteiger partial charge in [0.1, 0.15) is 10.9 Å². The molecule has 0 spiro atoms. The summed E-state index contributed by atoms with van der Waals surface area (Å²) in [6, 6.07) is 1.61. The number of hydrogen-bond acceptors (Lipinski definition) is 10. The first-order valence-electron chi connectivity index (χ1n) is 12.9. The van der Waals surface area contributed by atoms with E-state index in [-0.39, 0.29) is 54.1 Å². The van der Waals surface area contributed by atoms with Gasteiger partial charge in [-0.1, -0.05) is 11.6 Å². The van der Waals surface area contributed by atoms with Crippen LogP contribution in [0.15, 0.2) is 18.5 Å². The Morgan fingerprint density at radius 3 is 2.66 bits per heavy atom. The van der Waals surface area contributed by atoms with Crippen molar-refractivity contribution in [3.05, 3.63) is 57.3 Å². The fourth-order valence-corrected chi connectivity index (χ4v) is 4.98. The normalized spacial score (nSPS) is 13.8. The third kappa shape index (κ3) is 6.49. The number of methoxy groups -OCH3 is 1. The van der Waals surface area contributed by atoms with Gasteiger partial charge < -0.3 is 31.0 Å². The number of H-pyrrole nitrogens is 1. The third-order valence-electron chi connectivity index (χ3n) is 6.73. The molecule has 3 aromatic rings. The number of pyridine rings is 1. The fourth-order valence-electron chi connectivity index (χ4n) is 4.70. The lowest BCUT2D eigenvalue weighted by Gasteiger charge is -2.19. The molecule has 0 unspecified atom stereocenters. The monoisotopic (exact) mass is 584 g/mol. The van der Waals surface area contributed by atoms with Crippen molar-refractivity contribution in [2.45, 2.75) is 20.4 Å². The number of nitrogens with zero attached hydrogens (tertiary/aromatic N) is 5. The molecule has 14 heteroatoms. The van der Waals surface area contributed by atoms with Crippen LogP contribution in [0.5, 0.6) is 5.75 Å². The van der Waals surface area contributed by atoms with Gasteiger partial charge in [-0.05, 0) is 26.0 Å². The number of hydrogen-bond donors (Lipinski definition) is 5. The number of nitrogens with one attached hydrogen (secondary N) is 2. The minimum atomic E-state index is -0.379. The van der Waals surface area contributed by atoms with E-state index in [4.69, 9.17) is 32.3 Å². The summed E-state index contributed by atoms with van der Waals surface area (Å²) in [5, 5.41) is 21.1. The van der Waals surface area contributed by atoms with Crippen LogP contribution in [-0.4, -0.2) is 93.4 Å². The third-order valence-corrected chi connectivity index (χ3v) is 7.01. The average Bonchev–Trinajstić information content (AvgIpc) is 3.50. The Balaban J connectivity index is 1.58. The Morgan fingerprint density at radius 2 is 1.98 bits per heavy atom. The summed E-state index contributed by atoms with van der Waals surface area (Å²) in [5.74, 6) is 0.178. The first-order chi connectivity index (χ1) is 19.7. The van der Waals surface area contributed by atoms with Gasteiger partial charge in [0.2, 0.25) is 5.95 Å². The molecule has 13 nitrogen and oxygen atoms in total. The van der Waals surface area contributed by atoms with Crippen LogP contribution in [0.1, 0.15) is 38.4 Å². The van der Waals surface area contributed by atoms with E-state index in [0.717, 1.165) is 11.1 Å². The van der Waals surface area contributed by atoms with E-state index >= 15 is 0 Å². The predicted molar refractivity (Wildman–Crippen MR) is 155 cm³/mol. The van der Waals surface area contributed by atoms with E-state index in [1.807, 2.05) is 18.7 Å². The fraction of sp³-hybridized carbons (Fsp3) is 0.370. The number of aliphatic hydroxyl groups is 2. The molecule has 0 bridgehead atoms. The lowest BCUT2D eigenvalue weighted by atomic mass is 10.1. The number of anilines is 2. The molecule has 0 fully saturated rings. The smallest absolute Gasteiger partial charge is 0.260 e. The van der Waals surface area contributed by atoms with Crippen LogP contribution in [0, 0.1) is 13.8 Å². The van der Waals surface area contributed by atoms with Crippen molar-refractivity contribution in [1.29, 1.82) is 0 Å². The Bertz CT molecular complexity index is 1470. The number of carbonyl (C=O) groups is 2. The maximum atomic E-state index is 13.7. The summed E-state index contributed by atoms with van der Waals surface area (Å²) in [5.41, 5.74) is 9.59. The quantitative estimate of drug-likeness (QED) is 0.153. The first-order valence-corrected chi connectivity index (χ1v) is 13.3. The average molecular weight is 585 g/mol. The highest BCUT2D eigenvalue weighted by molar-refractivity contribution is 6.41. The lowest BCUT2D eigenvalue weighted by Crippen LogP contribution is -2.37. The predicted octanol–water partition coefficient (Wildman–Crippen LogP) is 1.16. The van der Waals surface area contributed by atoms with Crippen molar-refractivity contribution >= 4 is 46.8 Å². The summed E-state index contributed by atoms with van der Waals surface area (Å²) in [6.07, 6.45) is 4.80. The molecular formula is C27H33ClN8O5. The number of carbonyl (C=O) groups excluding carboxylic acids is 2. The van der Waals surface area contributed by atoms with E-state index in [1.165, 1.54) is 11.1 Å². The van der Waals surface area contributed by atoms with Crippen LogP contribution in [-0.2, 0) is 11.3 Å². The number of rotatable bonds is 12. The molecule has 41 heavy (non-hydrogen) atoms. The molecular weight excluding hydrogens is 552 g/mol. The van der Waals surface area contributed by atoms with Crippen molar-refractivity contribution in [3.63, 3.8) is 0 Å².